The van der Waals surface area contributed by atoms with Crippen LogP contribution in [0.2, 0.25) is 0 Å². The fourth-order valence-electron chi connectivity index (χ4n) is 2.27. The van der Waals surface area contributed by atoms with Crippen molar-refractivity contribution >= 4 is 21.1 Å². The van der Waals surface area contributed by atoms with E-state index >= 15 is 0 Å². The summed E-state index contributed by atoms with van der Waals surface area (Å²) in [5, 5.41) is 0.666. The minimum atomic E-state index is -4.01. The molecule has 6 nitrogen and oxygen atoms in total. The molecule has 24 heavy (non-hydrogen) atoms. The van der Waals surface area contributed by atoms with E-state index in [4.69, 9.17) is 13.3 Å². The average Bonchev–Trinajstić information content (AvgIpc) is 2.54. The summed E-state index contributed by atoms with van der Waals surface area (Å²) >= 11 is 0. The molecule has 1 heterocycles. The molecule has 3 aromatic rings. The predicted molar refractivity (Wildman–Crippen MR) is 88.0 cm³/mol. The van der Waals surface area contributed by atoms with E-state index in [0.29, 0.717) is 16.7 Å². The third-order valence-electron chi connectivity index (χ3n) is 3.46. The van der Waals surface area contributed by atoms with Crippen molar-refractivity contribution in [2.24, 2.45) is 0 Å². The van der Waals surface area contributed by atoms with Gasteiger partial charge in [0.2, 0.25) is 0 Å². The van der Waals surface area contributed by atoms with Gasteiger partial charge >= 0.3 is 15.7 Å². The summed E-state index contributed by atoms with van der Waals surface area (Å²) in [7, 11) is -2.51. The summed E-state index contributed by atoms with van der Waals surface area (Å²) in [5.41, 5.74) is 0.404. The SMILES string of the molecule is COc1ccc(S(=O)(=O)Oc2ccc3ccc(=O)oc3c2)cc1C. The molecule has 0 saturated heterocycles. The van der Waals surface area contributed by atoms with E-state index < -0.39 is 15.7 Å². The summed E-state index contributed by atoms with van der Waals surface area (Å²) in [6, 6.07) is 11.8. The van der Waals surface area contributed by atoms with Gasteiger partial charge in [-0.05, 0) is 48.9 Å². The maximum Gasteiger partial charge on any atom is 0.339 e. The number of fused-ring (bicyclic) bond motifs is 1. The normalized spacial score (nSPS) is 11.4. The third kappa shape index (κ3) is 3.11. The second kappa shape index (κ2) is 6.01. The van der Waals surface area contributed by atoms with Gasteiger partial charge in [-0.1, -0.05) is 0 Å². The topological polar surface area (TPSA) is 82.8 Å². The first-order valence-electron chi connectivity index (χ1n) is 7.02. The fraction of sp³-hybridized carbons (Fsp3) is 0.118. The average molecular weight is 346 g/mol. The molecule has 0 fully saturated rings. The molecular formula is C17H14O6S. The monoisotopic (exact) mass is 346 g/mol. The maximum atomic E-state index is 12.4. The molecule has 1 aromatic heterocycles. The van der Waals surface area contributed by atoms with Crippen molar-refractivity contribution in [1.82, 2.24) is 0 Å². The zero-order valence-corrected chi connectivity index (χ0v) is 13.8. The van der Waals surface area contributed by atoms with Crippen LogP contribution in [0.3, 0.4) is 0 Å². The molecule has 0 spiro atoms. The Morgan fingerprint density at radius 1 is 1.00 bits per heavy atom. The Hall–Kier alpha value is -2.80. The van der Waals surface area contributed by atoms with Crippen molar-refractivity contribution in [3.8, 4) is 11.5 Å². The van der Waals surface area contributed by atoms with E-state index in [1.165, 1.54) is 37.4 Å². The van der Waals surface area contributed by atoms with E-state index in [9.17, 15) is 13.2 Å². The van der Waals surface area contributed by atoms with Gasteiger partial charge in [-0.25, -0.2) is 4.79 Å². The van der Waals surface area contributed by atoms with Crippen LogP contribution in [0, 0.1) is 6.92 Å². The molecule has 0 saturated carbocycles. The van der Waals surface area contributed by atoms with Crippen LogP contribution in [0.5, 0.6) is 11.5 Å². The molecule has 0 unspecified atom stereocenters. The first-order valence-corrected chi connectivity index (χ1v) is 8.43. The number of hydrogen-bond donors (Lipinski definition) is 0. The first-order chi connectivity index (χ1) is 11.4. The van der Waals surface area contributed by atoms with Crippen LogP contribution in [0.25, 0.3) is 11.0 Å². The Balaban J connectivity index is 1.97. The van der Waals surface area contributed by atoms with Crippen LogP contribution in [-0.4, -0.2) is 15.5 Å². The Morgan fingerprint density at radius 2 is 1.75 bits per heavy atom. The Morgan fingerprint density at radius 3 is 2.46 bits per heavy atom. The number of aryl methyl sites for hydroxylation is 1. The molecule has 0 aliphatic rings. The first kappa shape index (κ1) is 16.1. The second-order valence-corrected chi connectivity index (χ2v) is 6.67. The highest BCUT2D eigenvalue weighted by atomic mass is 32.2. The van der Waals surface area contributed by atoms with Gasteiger partial charge in [0.1, 0.15) is 22.0 Å². The van der Waals surface area contributed by atoms with E-state index in [2.05, 4.69) is 0 Å². The van der Waals surface area contributed by atoms with Crippen molar-refractivity contribution in [2.45, 2.75) is 11.8 Å². The molecule has 3 rings (SSSR count). The minimum absolute atomic E-state index is 0.00964. The van der Waals surface area contributed by atoms with Gasteiger partial charge in [-0.15, -0.1) is 0 Å². The van der Waals surface area contributed by atoms with Gasteiger partial charge in [-0.2, -0.15) is 8.42 Å². The predicted octanol–water partition coefficient (Wildman–Crippen LogP) is 2.88. The lowest BCUT2D eigenvalue weighted by molar-refractivity contribution is 0.411. The number of rotatable bonds is 4. The smallest absolute Gasteiger partial charge is 0.339 e. The summed E-state index contributed by atoms with van der Waals surface area (Å²) < 4.78 is 40.1. The number of benzene rings is 2. The van der Waals surface area contributed by atoms with Crippen LogP contribution < -0.4 is 14.5 Å². The van der Waals surface area contributed by atoms with Crippen LogP contribution in [-0.2, 0) is 10.1 Å². The fourth-order valence-corrected chi connectivity index (χ4v) is 3.28. The Labute approximate surface area is 138 Å². The molecular weight excluding hydrogens is 332 g/mol. The van der Waals surface area contributed by atoms with Crippen molar-refractivity contribution in [1.29, 1.82) is 0 Å². The molecule has 0 amide bonds. The summed E-state index contributed by atoms with van der Waals surface area (Å²) in [4.78, 5) is 11.3. The zero-order chi connectivity index (χ0) is 17.3. The standard InChI is InChI=1S/C17H14O6S/c1-11-9-14(6-7-15(11)21-2)24(19,20)23-13-5-3-12-4-8-17(18)22-16(12)10-13/h3-10H,1-2H3. The van der Waals surface area contributed by atoms with E-state index in [1.54, 1.807) is 25.1 Å². The maximum absolute atomic E-state index is 12.4. The number of ether oxygens (including phenoxy) is 1. The van der Waals surface area contributed by atoms with E-state index in [0.717, 1.165) is 0 Å². The van der Waals surface area contributed by atoms with Gasteiger partial charge in [0, 0.05) is 17.5 Å². The molecule has 0 N–H and O–H groups in total. The summed E-state index contributed by atoms with van der Waals surface area (Å²) in [6.07, 6.45) is 0. The van der Waals surface area contributed by atoms with Gasteiger partial charge in [0.05, 0.1) is 7.11 Å². The molecule has 0 radical (unpaired) electrons. The molecule has 0 bridgehead atoms. The third-order valence-corrected chi connectivity index (χ3v) is 4.70. The summed E-state index contributed by atoms with van der Waals surface area (Å²) in [6.45, 7) is 1.74. The van der Waals surface area contributed by atoms with Crippen molar-refractivity contribution < 1.29 is 21.8 Å². The number of hydrogen-bond acceptors (Lipinski definition) is 6. The molecule has 0 atom stereocenters. The van der Waals surface area contributed by atoms with E-state index in [-0.39, 0.29) is 16.2 Å². The Kier molecular flexibility index (Phi) is 4.02. The molecule has 2 aromatic carbocycles. The van der Waals surface area contributed by atoms with Gasteiger partial charge in [0.15, 0.2) is 0 Å². The van der Waals surface area contributed by atoms with Crippen LogP contribution >= 0.6 is 0 Å². The van der Waals surface area contributed by atoms with Crippen LogP contribution in [0.4, 0.5) is 0 Å². The molecule has 0 aliphatic heterocycles. The van der Waals surface area contributed by atoms with Gasteiger partial charge in [0.25, 0.3) is 0 Å². The van der Waals surface area contributed by atoms with E-state index in [1.807, 2.05) is 0 Å². The van der Waals surface area contributed by atoms with Gasteiger partial charge < -0.3 is 13.3 Å². The zero-order valence-electron chi connectivity index (χ0n) is 13.0. The lowest BCUT2D eigenvalue weighted by Crippen LogP contribution is -2.10. The highest BCUT2D eigenvalue weighted by molar-refractivity contribution is 7.87. The highest BCUT2D eigenvalue weighted by Gasteiger charge is 2.18. The summed E-state index contributed by atoms with van der Waals surface area (Å²) in [5.74, 6) is 0.645. The van der Waals surface area contributed by atoms with Crippen LogP contribution in [0.1, 0.15) is 5.56 Å². The second-order valence-electron chi connectivity index (χ2n) is 5.12. The van der Waals surface area contributed by atoms with Crippen molar-refractivity contribution in [3.05, 3.63) is 64.5 Å². The van der Waals surface area contributed by atoms with Crippen molar-refractivity contribution in [2.75, 3.05) is 7.11 Å². The molecule has 0 aliphatic carbocycles. The molecule has 7 heteroatoms. The minimum Gasteiger partial charge on any atom is -0.496 e. The lowest BCUT2D eigenvalue weighted by atomic mass is 10.2. The van der Waals surface area contributed by atoms with Crippen LogP contribution in [0.15, 0.2) is 62.6 Å². The van der Waals surface area contributed by atoms with Crippen molar-refractivity contribution in [3.63, 3.8) is 0 Å². The highest BCUT2D eigenvalue weighted by Crippen LogP contribution is 2.26. The largest absolute Gasteiger partial charge is 0.496 e. The number of methoxy groups -OCH3 is 1. The lowest BCUT2D eigenvalue weighted by Gasteiger charge is -2.10. The molecule has 124 valence electrons. The van der Waals surface area contributed by atoms with Gasteiger partial charge in [-0.3, -0.25) is 0 Å². The quantitative estimate of drug-likeness (QED) is 0.534. The Bertz CT molecular complexity index is 1070.